The Kier molecular flexibility index (Phi) is 6.15. The highest BCUT2D eigenvalue weighted by atomic mass is 16.2. The molecule has 0 aliphatic rings. The fraction of sp³-hybridized carbons (Fsp3) is 0.0435. The minimum Gasteiger partial charge on any atom is -0.348 e. The first kappa shape index (κ1) is 18.1. The van der Waals surface area contributed by atoms with Gasteiger partial charge in [0, 0.05) is 23.9 Å². The smallest absolute Gasteiger partial charge is 0.251 e. The summed E-state index contributed by atoms with van der Waals surface area (Å²) >= 11 is 0. The van der Waals surface area contributed by atoms with Gasteiger partial charge in [-0.2, -0.15) is 0 Å². The summed E-state index contributed by atoms with van der Waals surface area (Å²) in [7, 11) is 0. The first-order chi connectivity index (χ1) is 13.2. The molecule has 0 radical (unpaired) electrons. The summed E-state index contributed by atoms with van der Waals surface area (Å²) < 4.78 is 0. The molecule has 0 aliphatic carbocycles. The van der Waals surface area contributed by atoms with Crippen LogP contribution in [0.2, 0.25) is 0 Å². The Morgan fingerprint density at radius 3 is 2.07 bits per heavy atom. The summed E-state index contributed by atoms with van der Waals surface area (Å²) in [6, 6.07) is 26.1. The highest BCUT2D eigenvalue weighted by molar-refractivity contribution is 6.02. The molecule has 4 nitrogen and oxygen atoms in total. The van der Waals surface area contributed by atoms with E-state index in [1.54, 1.807) is 30.3 Å². The van der Waals surface area contributed by atoms with Crippen LogP contribution >= 0.6 is 0 Å². The first-order valence-corrected chi connectivity index (χ1v) is 8.67. The van der Waals surface area contributed by atoms with Gasteiger partial charge in [-0.15, -0.1) is 0 Å². The molecule has 27 heavy (non-hydrogen) atoms. The number of hydrogen-bond acceptors (Lipinski definition) is 2. The summed E-state index contributed by atoms with van der Waals surface area (Å²) in [5.41, 5.74) is 3.18. The Labute approximate surface area is 158 Å². The van der Waals surface area contributed by atoms with Crippen molar-refractivity contribution in [2.75, 3.05) is 5.32 Å². The van der Waals surface area contributed by atoms with E-state index < -0.39 is 0 Å². The minimum atomic E-state index is -0.222. The lowest BCUT2D eigenvalue weighted by Gasteiger charge is -2.07. The van der Waals surface area contributed by atoms with Crippen molar-refractivity contribution >= 4 is 23.6 Å². The molecule has 3 aromatic rings. The SMILES string of the molecule is O=C(/C=C/c1ccccc1)Nc1ccc(C(=O)NCc2ccccc2)cc1. The minimum absolute atomic E-state index is 0.152. The van der Waals surface area contributed by atoms with Gasteiger partial charge in [0.1, 0.15) is 0 Å². The molecule has 0 bridgehead atoms. The quantitative estimate of drug-likeness (QED) is 0.648. The van der Waals surface area contributed by atoms with Crippen LogP contribution in [0.3, 0.4) is 0 Å². The highest BCUT2D eigenvalue weighted by Crippen LogP contribution is 2.10. The molecule has 0 aromatic heterocycles. The van der Waals surface area contributed by atoms with Crippen LogP contribution in [0.5, 0.6) is 0 Å². The van der Waals surface area contributed by atoms with E-state index in [1.807, 2.05) is 60.7 Å². The van der Waals surface area contributed by atoms with Gasteiger partial charge in [-0.25, -0.2) is 0 Å². The van der Waals surface area contributed by atoms with Crippen molar-refractivity contribution in [2.45, 2.75) is 6.54 Å². The molecule has 2 N–H and O–H groups in total. The molecule has 0 spiro atoms. The number of nitrogens with one attached hydrogen (secondary N) is 2. The average Bonchev–Trinajstić information content (AvgIpc) is 2.72. The number of anilines is 1. The van der Waals surface area contributed by atoms with Gasteiger partial charge in [-0.05, 0) is 41.5 Å². The lowest BCUT2D eigenvalue weighted by atomic mass is 10.1. The number of carbonyl (C=O) groups excluding carboxylic acids is 2. The number of carbonyl (C=O) groups is 2. The molecule has 3 aromatic carbocycles. The van der Waals surface area contributed by atoms with Crippen LogP contribution in [0.4, 0.5) is 5.69 Å². The standard InChI is InChI=1S/C23H20N2O2/c26-22(16-11-18-7-3-1-4-8-18)25-21-14-12-20(13-15-21)23(27)24-17-19-9-5-2-6-10-19/h1-16H,17H2,(H,24,27)(H,25,26)/b16-11+. The Hall–Kier alpha value is -3.66. The zero-order valence-electron chi connectivity index (χ0n) is 14.8. The average molecular weight is 356 g/mol. The Balaban J connectivity index is 1.52. The van der Waals surface area contributed by atoms with E-state index >= 15 is 0 Å². The third kappa shape index (κ3) is 5.68. The van der Waals surface area contributed by atoms with Gasteiger partial charge in [0.2, 0.25) is 5.91 Å². The van der Waals surface area contributed by atoms with Crippen LogP contribution in [-0.4, -0.2) is 11.8 Å². The maximum atomic E-state index is 12.2. The van der Waals surface area contributed by atoms with E-state index in [0.29, 0.717) is 17.8 Å². The number of hydrogen-bond donors (Lipinski definition) is 2. The second-order valence-electron chi connectivity index (χ2n) is 5.98. The van der Waals surface area contributed by atoms with Crippen LogP contribution in [0, 0.1) is 0 Å². The second kappa shape index (κ2) is 9.15. The lowest BCUT2D eigenvalue weighted by Crippen LogP contribution is -2.22. The third-order valence-corrected chi connectivity index (χ3v) is 3.94. The highest BCUT2D eigenvalue weighted by Gasteiger charge is 2.06. The van der Waals surface area contributed by atoms with E-state index in [4.69, 9.17) is 0 Å². The van der Waals surface area contributed by atoms with Gasteiger partial charge in [0.25, 0.3) is 5.91 Å². The monoisotopic (exact) mass is 356 g/mol. The zero-order chi connectivity index (χ0) is 18.9. The van der Waals surface area contributed by atoms with Gasteiger partial charge in [-0.1, -0.05) is 60.7 Å². The molecular formula is C23H20N2O2. The largest absolute Gasteiger partial charge is 0.348 e. The van der Waals surface area contributed by atoms with Crippen LogP contribution in [-0.2, 0) is 11.3 Å². The van der Waals surface area contributed by atoms with Gasteiger partial charge in [0.15, 0.2) is 0 Å². The van der Waals surface area contributed by atoms with E-state index in [1.165, 1.54) is 6.08 Å². The topological polar surface area (TPSA) is 58.2 Å². The normalized spacial score (nSPS) is 10.5. The number of amides is 2. The Morgan fingerprint density at radius 1 is 0.778 bits per heavy atom. The van der Waals surface area contributed by atoms with Gasteiger partial charge >= 0.3 is 0 Å². The maximum Gasteiger partial charge on any atom is 0.251 e. The van der Waals surface area contributed by atoms with E-state index in [0.717, 1.165) is 11.1 Å². The Morgan fingerprint density at radius 2 is 1.41 bits per heavy atom. The Bertz CT molecular complexity index is 918. The third-order valence-electron chi connectivity index (χ3n) is 3.94. The van der Waals surface area contributed by atoms with Crippen molar-refractivity contribution in [3.8, 4) is 0 Å². The molecular weight excluding hydrogens is 336 g/mol. The lowest BCUT2D eigenvalue weighted by molar-refractivity contribution is -0.111. The molecule has 0 aliphatic heterocycles. The number of benzene rings is 3. The first-order valence-electron chi connectivity index (χ1n) is 8.67. The van der Waals surface area contributed by atoms with E-state index in [2.05, 4.69) is 10.6 Å². The predicted molar refractivity (Wildman–Crippen MR) is 108 cm³/mol. The molecule has 0 saturated carbocycles. The molecule has 134 valence electrons. The molecule has 0 saturated heterocycles. The van der Waals surface area contributed by atoms with E-state index in [-0.39, 0.29) is 11.8 Å². The molecule has 2 amide bonds. The summed E-state index contributed by atoms with van der Waals surface area (Å²) in [6.07, 6.45) is 3.23. The van der Waals surface area contributed by atoms with Gasteiger partial charge in [-0.3, -0.25) is 9.59 Å². The van der Waals surface area contributed by atoms with Crippen molar-refractivity contribution < 1.29 is 9.59 Å². The summed E-state index contributed by atoms with van der Waals surface area (Å²) in [4.78, 5) is 24.2. The second-order valence-corrected chi connectivity index (χ2v) is 5.98. The van der Waals surface area contributed by atoms with Crippen molar-refractivity contribution in [3.05, 3.63) is 108 Å². The van der Waals surface area contributed by atoms with Crippen molar-refractivity contribution in [3.63, 3.8) is 0 Å². The molecule has 4 heteroatoms. The fourth-order valence-corrected chi connectivity index (χ4v) is 2.51. The summed E-state index contributed by atoms with van der Waals surface area (Å²) in [5, 5.41) is 5.66. The predicted octanol–water partition coefficient (Wildman–Crippen LogP) is 4.27. The fourth-order valence-electron chi connectivity index (χ4n) is 2.51. The van der Waals surface area contributed by atoms with Crippen LogP contribution in [0.1, 0.15) is 21.5 Å². The van der Waals surface area contributed by atoms with Gasteiger partial charge < -0.3 is 10.6 Å². The van der Waals surface area contributed by atoms with Crippen molar-refractivity contribution in [1.29, 1.82) is 0 Å². The van der Waals surface area contributed by atoms with Crippen LogP contribution in [0.15, 0.2) is 91.0 Å². The van der Waals surface area contributed by atoms with Gasteiger partial charge in [0.05, 0.1) is 0 Å². The number of rotatable bonds is 6. The van der Waals surface area contributed by atoms with Crippen molar-refractivity contribution in [2.24, 2.45) is 0 Å². The molecule has 0 atom stereocenters. The van der Waals surface area contributed by atoms with Crippen LogP contribution < -0.4 is 10.6 Å². The summed E-state index contributed by atoms with van der Waals surface area (Å²) in [5.74, 6) is -0.374. The van der Waals surface area contributed by atoms with Crippen LogP contribution in [0.25, 0.3) is 6.08 Å². The molecule has 0 heterocycles. The molecule has 3 rings (SSSR count). The maximum absolute atomic E-state index is 12.2. The van der Waals surface area contributed by atoms with Crippen molar-refractivity contribution in [1.82, 2.24) is 5.32 Å². The van der Waals surface area contributed by atoms with E-state index in [9.17, 15) is 9.59 Å². The summed E-state index contributed by atoms with van der Waals surface area (Å²) in [6.45, 7) is 0.475. The molecule has 0 fully saturated rings. The molecule has 0 unspecified atom stereocenters. The zero-order valence-corrected chi connectivity index (χ0v) is 14.8.